The van der Waals surface area contributed by atoms with Crippen LogP contribution in [0.2, 0.25) is 0 Å². The van der Waals surface area contributed by atoms with Gasteiger partial charge in [-0.1, -0.05) is 32.1 Å². The maximum atomic E-state index is 11.4. The number of hydrogen-bond acceptors (Lipinski definition) is 9. The van der Waals surface area contributed by atoms with Crippen molar-refractivity contribution in [1.29, 1.82) is 0 Å². The Bertz CT molecular complexity index is 1240. The molecule has 2 N–H and O–H groups in total. The van der Waals surface area contributed by atoms with Crippen molar-refractivity contribution in [2.24, 2.45) is 0 Å². The van der Waals surface area contributed by atoms with Crippen LogP contribution in [0.25, 0.3) is 11.2 Å². The summed E-state index contributed by atoms with van der Waals surface area (Å²) in [7, 11) is 0. The summed E-state index contributed by atoms with van der Waals surface area (Å²) in [5.41, 5.74) is 2.47. The Morgan fingerprint density at radius 2 is 1.80 bits per heavy atom. The normalized spacial score (nSPS) is 17.8. The van der Waals surface area contributed by atoms with Gasteiger partial charge in [0.1, 0.15) is 12.0 Å². The van der Waals surface area contributed by atoms with Gasteiger partial charge in [-0.2, -0.15) is 9.97 Å². The molecule has 0 bridgehead atoms. The molecule has 0 radical (unpaired) electrons. The van der Waals surface area contributed by atoms with E-state index < -0.39 is 0 Å². The third kappa shape index (κ3) is 8.31. The van der Waals surface area contributed by atoms with Gasteiger partial charge < -0.3 is 24.8 Å². The molecular weight excluding hydrogens is 520 g/mol. The molecule has 3 aromatic rings. The average Bonchev–Trinajstić information content (AvgIpc) is 3.43. The lowest BCUT2D eigenvalue weighted by molar-refractivity contribution is -0.143. The highest BCUT2D eigenvalue weighted by atomic mass is 16.5. The van der Waals surface area contributed by atoms with Crippen LogP contribution in [0.1, 0.15) is 96.6 Å². The lowest BCUT2D eigenvalue weighted by Crippen LogP contribution is -2.23. The number of esters is 1. The van der Waals surface area contributed by atoms with Crippen LogP contribution in [0.15, 0.2) is 30.6 Å². The molecule has 1 saturated carbocycles. The molecule has 1 unspecified atom stereocenters. The van der Waals surface area contributed by atoms with Crippen LogP contribution in [-0.2, 0) is 14.3 Å². The van der Waals surface area contributed by atoms with Gasteiger partial charge in [0.05, 0.1) is 19.5 Å². The summed E-state index contributed by atoms with van der Waals surface area (Å²) in [6.45, 7) is 3.69. The van der Waals surface area contributed by atoms with Crippen LogP contribution in [0, 0.1) is 0 Å². The predicted octanol–water partition coefficient (Wildman–Crippen LogP) is 6.91. The largest absolute Gasteiger partial charge is 0.494 e. The first-order chi connectivity index (χ1) is 20.2. The summed E-state index contributed by atoms with van der Waals surface area (Å²) >= 11 is 0. The number of nitrogens with zero attached hydrogens (tertiary/aromatic N) is 4. The Morgan fingerprint density at radius 3 is 2.59 bits per heavy atom. The molecular formula is C31H44N6O4. The molecule has 222 valence electrons. The van der Waals surface area contributed by atoms with Gasteiger partial charge in [-0.05, 0) is 76.1 Å². The van der Waals surface area contributed by atoms with Gasteiger partial charge in [-0.3, -0.25) is 9.36 Å². The number of carbonyl (C=O) groups is 1. The predicted molar refractivity (Wildman–Crippen MR) is 160 cm³/mol. The first-order valence-electron chi connectivity index (χ1n) is 15.5. The van der Waals surface area contributed by atoms with Crippen molar-refractivity contribution in [3.05, 3.63) is 30.6 Å². The molecule has 5 rings (SSSR count). The van der Waals surface area contributed by atoms with E-state index >= 15 is 0 Å². The number of anilines is 3. The van der Waals surface area contributed by atoms with Gasteiger partial charge in [0.2, 0.25) is 5.95 Å². The highest BCUT2D eigenvalue weighted by molar-refractivity contribution is 5.85. The maximum Gasteiger partial charge on any atom is 0.305 e. The average molecular weight is 565 g/mol. The molecule has 1 aliphatic carbocycles. The van der Waals surface area contributed by atoms with E-state index in [1.54, 1.807) is 0 Å². The van der Waals surface area contributed by atoms with Crippen LogP contribution in [-0.4, -0.2) is 51.4 Å². The van der Waals surface area contributed by atoms with E-state index in [9.17, 15) is 4.79 Å². The summed E-state index contributed by atoms with van der Waals surface area (Å²) in [5.74, 6) is 2.03. The van der Waals surface area contributed by atoms with Crippen molar-refractivity contribution >= 4 is 34.6 Å². The number of hydrogen-bond donors (Lipinski definition) is 2. The fraction of sp³-hybridized carbons (Fsp3) is 0.613. The zero-order valence-corrected chi connectivity index (χ0v) is 24.3. The highest BCUT2D eigenvalue weighted by Gasteiger charge is 2.23. The van der Waals surface area contributed by atoms with E-state index in [1.807, 2.05) is 37.5 Å². The van der Waals surface area contributed by atoms with Crippen molar-refractivity contribution in [2.75, 3.05) is 30.5 Å². The maximum absolute atomic E-state index is 11.4. The zero-order valence-electron chi connectivity index (χ0n) is 24.3. The highest BCUT2D eigenvalue weighted by Crippen LogP contribution is 2.31. The van der Waals surface area contributed by atoms with E-state index in [-0.39, 0.29) is 12.2 Å². The first kappa shape index (κ1) is 29.1. The van der Waals surface area contributed by atoms with Gasteiger partial charge >= 0.3 is 5.97 Å². The molecule has 2 aliphatic rings. The molecule has 2 fully saturated rings. The van der Waals surface area contributed by atoms with Crippen LogP contribution in [0.4, 0.5) is 17.5 Å². The number of nitrogens with one attached hydrogen (secondary N) is 2. The number of imidazole rings is 1. The number of benzene rings is 1. The summed E-state index contributed by atoms with van der Waals surface area (Å²) in [5, 5.41) is 7.07. The van der Waals surface area contributed by atoms with Crippen molar-refractivity contribution in [3.63, 3.8) is 0 Å². The van der Waals surface area contributed by atoms with Crippen molar-refractivity contribution < 1.29 is 19.0 Å². The fourth-order valence-electron chi connectivity index (χ4n) is 5.58. The summed E-state index contributed by atoms with van der Waals surface area (Å²) < 4.78 is 19.0. The molecule has 1 aliphatic heterocycles. The molecule has 2 aromatic heterocycles. The van der Waals surface area contributed by atoms with Gasteiger partial charge in [0.15, 0.2) is 17.0 Å². The molecule has 3 heterocycles. The number of fused-ring (bicyclic) bond motifs is 1. The zero-order chi connectivity index (χ0) is 28.3. The summed E-state index contributed by atoms with van der Waals surface area (Å²) in [6.07, 6.45) is 15.4. The lowest BCUT2D eigenvalue weighted by atomic mass is 9.95. The topological polar surface area (TPSA) is 112 Å². The lowest BCUT2D eigenvalue weighted by Gasteiger charge is -2.25. The standard InChI is InChI=1S/C31H44N6O4/c1-2-39-27(38)15-8-3-4-10-20-40-25-18-16-24(17-19-25)34-31-35-29(33-23-12-6-5-7-13-23)28-30(36-31)37(22-32-28)26-14-9-11-21-41-26/h16-19,22-23,26H,2-15,20-21H2,1H3,(H2,33,34,35,36). The Kier molecular flexibility index (Phi) is 10.7. The molecule has 1 saturated heterocycles. The minimum Gasteiger partial charge on any atom is -0.494 e. The monoisotopic (exact) mass is 564 g/mol. The Labute approximate surface area is 242 Å². The van der Waals surface area contributed by atoms with Crippen LogP contribution < -0.4 is 15.4 Å². The third-order valence-corrected chi connectivity index (χ3v) is 7.79. The Morgan fingerprint density at radius 1 is 1.00 bits per heavy atom. The number of ether oxygens (including phenoxy) is 3. The number of rotatable bonds is 14. The Hall–Kier alpha value is -3.40. The van der Waals surface area contributed by atoms with E-state index in [2.05, 4.69) is 15.2 Å². The second-order valence-corrected chi connectivity index (χ2v) is 11.0. The number of unbranched alkanes of at least 4 members (excludes halogenated alkanes) is 3. The summed E-state index contributed by atoms with van der Waals surface area (Å²) in [4.78, 5) is 25.9. The smallest absolute Gasteiger partial charge is 0.305 e. The van der Waals surface area contributed by atoms with Gasteiger partial charge in [-0.15, -0.1) is 0 Å². The van der Waals surface area contributed by atoms with Crippen LogP contribution in [0.5, 0.6) is 5.75 Å². The third-order valence-electron chi connectivity index (χ3n) is 7.79. The van der Waals surface area contributed by atoms with E-state index in [0.29, 0.717) is 31.6 Å². The minimum atomic E-state index is -0.108. The van der Waals surface area contributed by atoms with Crippen molar-refractivity contribution in [2.45, 2.75) is 103 Å². The molecule has 0 amide bonds. The van der Waals surface area contributed by atoms with E-state index in [1.165, 1.54) is 19.3 Å². The van der Waals surface area contributed by atoms with Gasteiger partial charge in [-0.25, -0.2) is 4.98 Å². The molecule has 0 spiro atoms. The van der Waals surface area contributed by atoms with Crippen LogP contribution >= 0.6 is 0 Å². The molecule has 1 atom stereocenters. The van der Waals surface area contributed by atoms with Gasteiger partial charge in [0, 0.05) is 24.8 Å². The van der Waals surface area contributed by atoms with E-state index in [0.717, 1.165) is 92.8 Å². The molecule has 10 nitrogen and oxygen atoms in total. The fourth-order valence-corrected chi connectivity index (χ4v) is 5.58. The number of carbonyl (C=O) groups excluding carboxylic acids is 1. The quantitative estimate of drug-likeness (QED) is 0.159. The van der Waals surface area contributed by atoms with Crippen molar-refractivity contribution in [1.82, 2.24) is 19.5 Å². The molecule has 41 heavy (non-hydrogen) atoms. The van der Waals surface area contributed by atoms with E-state index in [4.69, 9.17) is 29.2 Å². The second kappa shape index (κ2) is 15.0. The summed E-state index contributed by atoms with van der Waals surface area (Å²) in [6, 6.07) is 8.29. The molecule has 1 aromatic carbocycles. The minimum absolute atomic E-state index is 0.0481. The first-order valence-corrected chi connectivity index (χ1v) is 15.5. The van der Waals surface area contributed by atoms with Crippen molar-refractivity contribution in [3.8, 4) is 5.75 Å². The van der Waals surface area contributed by atoms with Gasteiger partial charge in [0.25, 0.3) is 0 Å². The number of aromatic nitrogens is 4. The SMILES string of the molecule is CCOC(=O)CCCCCCOc1ccc(Nc2nc(NC3CCCCC3)c3ncn(C4CCCCO4)c3n2)cc1. The van der Waals surface area contributed by atoms with Crippen LogP contribution in [0.3, 0.4) is 0 Å². The second-order valence-electron chi connectivity index (χ2n) is 11.0. The molecule has 10 heteroatoms. The Balaban J connectivity index is 1.20.